The minimum atomic E-state index is -3.25. The van der Waals surface area contributed by atoms with E-state index in [2.05, 4.69) is 0 Å². The lowest BCUT2D eigenvalue weighted by atomic mass is 10.1. The van der Waals surface area contributed by atoms with Crippen LogP contribution in [0.5, 0.6) is 0 Å². The van der Waals surface area contributed by atoms with Gasteiger partial charge in [-0.1, -0.05) is 48.5 Å². The minimum absolute atomic E-state index is 0.0770. The number of sulfone groups is 1. The van der Waals surface area contributed by atoms with Crippen molar-refractivity contribution in [1.82, 2.24) is 0 Å². The highest BCUT2D eigenvalue weighted by molar-refractivity contribution is 7.91. The average Bonchev–Trinajstić information content (AvgIpc) is 2.39. The zero-order chi connectivity index (χ0) is 14.6. The van der Waals surface area contributed by atoms with Gasteiger partial charge in [0.1, 0.15) is 0 Å². The number of aryl methyl sites for hydroxylation is 2. The molecule has 0 aromatic heterocycles. The lowest BCUT2D eigenvalue weighted by Crippen LogP contribution is -2.11. The summed E-state index contributed by atoms with van der Waals surface area (Å²) in [5.41, 5.74) is 2.76. The Morgan fingerprint density at radius 3 is 2.10 bits per heavy atom. The summed E-state index contributed by atoms with van der Waals surface area (Å²) >= 11 is 0. The molecule has 0 N–H and O–H groups in total. The van der Waals surface area contributed by atoms with E-state index in [0.29, 0.717) is 11.3 Å². The number of benzene rings is 2. The standard InChI is InChI=1S/C17H19O2S/c1-14-8-6-9-15(2)17(14)20(18,19)13-7-12-16-10-4-3-5-11-16/h3-11H,12-13H2,1-2H3. The highest BCUT2D eigenvalue weighted by atomic mass is 32.2. The molecule has 0 unspecified atom stereocenters. The van der Waals surface area contributed by atoms with Crippen LogP contribution in [0.15, 0.2) is 53.4 Å². The topological polar surface area (TPSA) is 34.1 Å². The van der Waals surface area contributed by atoms with Crippen molar-refractivity contribution in [3.63, 3.8) is 0 Å². The van der Waals surface area contributed by atoms with E-state index in [1.165, 1.54) is 0 Å². The van der Waals surface area contributed by atoms with Crippen molar-refractivity contribution in [2.24, 2.45) is 0 Å². The molecule has 2 rings (SSSR count). The van der Waals surface area contributed by atoms with E-state index in [4.69, 9.17) is 0 Å². The molecule has 1 radical (unpaired) electrons. The van der Waals surface area contributed by atoms with Crippen LogP contribution >= 0.6 is 0 Å². The van der Waals surface area contributed by atoms with Gasteiger partial charge in [0, 0.05) is 0 Å². The van der Waals surface area contributed by atoms with Crippen LogP contribution < -0.4 is 0 Å². The Morgan fingerprint density at radius 1 is 0.900 bits per heavy atom. The molecule has 2 nitrogen and oxygen atoms in total. The molecule has 0 aliphatic heterocycles. The number of hydrogen-bond acceptors (Lipinski definition) is 2. The quantitative estimate of drug-likeness (QED) is 0.843. The van der Waals surface area contributed by atoms with Gasteiger partial charge < -0.3 is 0 Å². The fraction of sp³-hybridized carbons (Fsp3) is 0.235. The molecule has 0 saturated carbocycles. The molecule has 105 valence electrons. The van der Waals surface area contributed by atoms with Crippen molar-refractivity contribution in [2.75, 3.05) is 5.75 Å². The Kier molecular flexibility index (Phi) is 4.61. The highest BCUT2D eigenvalue weighted by Crippen LogP contribution is 2.21. The number of rotatable bonds is 5. The van der Waals surface area contributed by atoms with Crippen molar-refractivity contribution in [1.29, 1.82) is 0 Å². The first kappa shape index (κ1) is 14.8. The van der Waals surface area contributed by atoms with Gasteiger partial charge in [0.2, 0.25) is 0 Å². The molecule has 0 heterocycles. The van der Waals surface area contributed by atoms with Gasteiger partial charge in [-0.3, -0.25) is 0 Å². The third kappa shape index (κ3) is 3.48. The molecule has 2 aromatic carbocycles. The molecule has 0 aliphatic rings. The lowest BCUT2D eigenvalue weighted by Gasteiger charge is -2.10. The van der Waals surface area contributed by atoms with Gasteiger partial charge in [-0.05, 0) is 43.4 Å². The predicted molar refractivity (Wildman–Crippen MR) is 82.4 cm³/mol. The van der Waals surface area contributed by atoms with Gasteiger partial charge in [0.05, 0.1) is 10.6 Å². The Hall–Kier alpha value is -1.61. The Balaban J connectivity index is 2.09. The second-order valence-corrected chi connectivity index (χ2v) is 6.95. The molecule has 0 saturated heterocycles. The van der Waals surface area contributed by atoms with Crippen molar-refractivity contribution in [3.8, 4) is 0 Å². The van der Waals surface area contributed by atoms with Gasteiger partial charge >= 0.3 is 0 Å². The highest BCUT2D eigenvalue weighted by Gasteiger charge is 2.18. The van der Waals surface area contributed by atoms with Crippen molar-refractivity contribution >= 4 is 9.84 Å². The minimum Gasteiger partial charge on any atom is -0.224 e. The van der Waals surface area contributed by atoms with Gasteiger partial charge in [0.25, 0.3) is 0 Å². The van der Waals surface area contributed by atoms with Crippen LogP contribution in [0.3, 0.4) is 0 Å². The van der Waals surface area contributed by atoms with Gasteiger partial charge in [0.15, 0.2) is 9.84 Å². The summed E-state index contributed by atoms with van der Waals surface area (Å²) in [6.07, 6.45) is 2.50. The third-order valence-corrected chi connectivity index (χ3v) is 5.22. The third-order valence-electron chi connectivity index (χ3n) is 3.28. The Labute approximate surface area is 121 Å². The van der Waals surface area contributed by atoms with Gasteiger partial charge in [-0.25, -0.2) is 8.42 Å². The predicted octanol–water partition coefficient (Wildman–Crippen LogP) is 3.52. The van der Waals surface area contributed by atoms with E-state index < -0.39 is 9.84 Å². The molecule has 0 aliphatic carbocycles. The molecular weight excluding hydrogens is 268 g/mol. The van der Waals surface area contributed by atoms with E-state index >= 15 is 0 Å². The molecule has 2 aromatic rings. The van der Waals surface area contributed by atoms with Crippen LogP contribution in [0.2, 0.25) is 0 Å². The fourth-order valence-electron chi connectivity index (χ4n) is 2.37. The number of hydrogen-bond donors (Lipinski definition) is 0. The van der Waals surface area contributed by atoms with Crippen LogP contribution in [0, 0.1) is 20.3 Å². The van der Waals surface area contributed by atoms with Crippen LogP contribution in [0.1, 0.15) is 16.7 Å². The summed E-state index contributed by atoms with van der Waals surface area (Å²) in [5.74, 6) is 0.0770. The van der Waals surface area contributed by atoms with Gasteiger partial charge in [-0.2, -0.15) is 0 Å². The Morgan fingerprint density at radius 2 is 1.50 bits per heavy atom. The molecule has 0 amide bonds. The second kappa shape index (κ2) is 6.23. The first-order valence-corrected chi connectivity index (χ1v) is 8.30. The largest absolute Gasteiger partial charge is 0.224 e. The van der Waals surface area contributed by atoms with Crippen LogP contribution in [0.4, 0.5) is 0 Å². The molecule has 0 spiro atoms. The summed E-state index contributed by atoms with van der Waals surface area (Å²) in [4.78, 5) is 0.476. The van der Waals surface area contributed by atoms with E-state index in [0.717, 1.165) is 16.7 Å². The second-order valence-electron chi connectivity index (χ2n) is 4.98. The summed E-state index contributed by atoms with van der Waals surface area (Å²) in [5, 5.41) is 0. The summed E-state index contributed by atoms with van der Waals surface area (Å²) < 4.78 is 24.9. The lowest BCUT2D eigenvalue weighted by molar-refractivity contribution is 0.596. The van der Waals surface area contributed by atoms with E-state index in [9.17, 15) is 8.42 Å². The molecule has 0 bridgehead atoms. The first-order chi connectivity index (χ1) is 9.50. The van der Waals surface area contributed by atoms with Crippen molar-refractivity contribution in [2.45, 2.75) is 25.2 Å². The summed E-state index contributed by atoms with van der Waals surface area (Å²) in [6.45, 7) is 3.69. The molecule has 0 fully saturated rings. The SMILES string of the molecule is Cc1cccc(C)c1S(=O)(=O)C[CH]Cc1ccccc1. The van der Waals surface area contributed by atoms with Crippen molar-refractivity contribution < 1.29 is 8.42 Å². The van der Waals surface area contributed by atoms with E-state index in [1.54, 1.807) is 0 Å². The first-order valence-electron chi connectivity index (χ1n) is 6.65. The zero-order valence-electron chi connectivity index (χ0n) is 11.8. The van der Waals surface area contributed by atoms with E-state index in [1.807, 2.05) is 68.8 Å². The van der Waals surface area contributed by atoms with E-state index in [-0.39, 0.29) is 5.75 Å². The molecule has 20 heavy (non-hydrogen) atoms. The molecule has 0 atom stereocenters. The van der Waals surface area contributed by atoms with Crippen LogP contribution in [-0.4, -0.2) is 14.2 Å². The smallest absolute Gasteiger partial charge is 0.179 e. The van der Waals surface area contributed by atoms with Crippen LogP contribution in [0.25, 0.3) is 0 Å². The maximum Gasteiger partial charge on any atom is 0.179 e. The van der Waals surface area contributed by atoms with Gasteiger partial charge in [-0.15, -0.1) is 0 Å². The van der Waals surface area contributed by atoms with Crippen LogP contribution in [-0.2, 0) is 16.3 Å². The van der Waals surface area contributed by atoms with Crippen molar-refractivity contribution in [3.05, 3.63) is 71.6 Å². The molecular formula is C17H19O2S. The monoisotopic (exact) mass is 287 g/mol. The summed E-state index contributed by atoms with van der Waals surface area (Å²) in [7, 11) is -3.25. The maximum atomic E-state index is 12.4. The maximum absolute atomic E-state index is 12.4. The normalized spacial score (nSPS) is 11.5. The Bertz CT molecular complexity index is 653. The fourth-order valence-corrected chi connectivity index (χ4v) is 4.08. The summed E-state index contributed by atoms with van der Waals surface area (Å²) in [6, 6.07) is 15.5. The zero-order valence-corrected chi connectivity index (χ0v) is 12.7. The average molecular weight is 287 g/mol. The molecule has 3 heteroatoms.